The number of nitrogens with zero attached hydrogens (tertiary/aromatic N) is 1. The van der Waals surface area contributed by atoms with Gasteiger partial charge in [0, 0.05) is 32.7 Å². The number of methoxy groups -OCH3 is 1. The summed E-state index contributed by atoms with van der Waals surface area (Å²) >= 11 is 0. The topological polar surface area (TPSA) is 74.8 Å². The number of amides is 1. The highest BCUT2D eigenvalue weighted by Gasteiger charge is 2.05. The van der Waals surface area contributed by atoms with E-state index in [-0.39, 0.29) is 29.9 Å². The Hall–Kier alpha value is -2.29. The van der Waals surface area contributed by atoms with Crippen LogP contribution >= 0.6 is 24.0 Å². The van der Waals surface area contributed by atoms with Gasteiger partial charge >= 0.3 is 0 Å². The van der Waals surface area contributed by atoms with E-state index in [9.17, 15) is 4.79 Å². The number of aryl methyl sites for hydroxylation is 1. The van der Waals surface area contributed by atoms with E-state index in [4.69, 9.17) is 4.74 Å². The van der Waals surface area contributed by atoms with Crippen LogP contribution in [0.5, 0.6) is 5.75 Å². The van der Waals surface area contributed by atoms with Crippen LogP contribution in [0.15, 0.2) is 47.5 Å². The molecular formula is C22H31IN4O2. The van der Waals surface area contributed by atoms with Gasteiger partial charge < -0.3 is 20.7 Å². The van der Waals surface area contributed by atoms with Crippen LogP contribution in [0, 0.1) is 6.92 Å². The maximum Gasteiger partial charge on any atom is 0.251 e. The zero-order chi connectivity index (χ0) is 20.4. The average molecular weight is 510 g/mol. The number of hydrogen-bond acceptors (Lipinski definition) is 3. The molecule has 2 aromatic carbocycles. The summed E-state index contributed by atoms with van der Waals surface area (Å²) in [5.41, 5.74) is 4.14. The van der Waals surface area contributed by atoms with Crippen LogP contribution in [-0.2, 0) is 12.8 Å². The van der Waals surface area contributed by atoms with E-state index < -0.39 is 0 Å². The fourth-order valence-electron chi connectivity index (χ4n) is 2.90. The van der Waals surface area contributed by atoms with Gasteiger partial charge in [-0.15, -0.1) is 24.0 Å². The maximum absolute atomic E-state index is 11.7. The van der Waals surface area contributed by atoms with E-state index in [0.717, 1.165) is 48.8 Å². The lowest BCUT2D eigenvalue weighted by Crippen LogP contribution is -2.39. The van der Waals surface area contributed by atoms with Gasteiger partial charge in [-0.1, -0.05) is 24.3 Å². The molecule has 0 heterocycles. The Balaban J connectivity index is 0.00000420. The minimum Gasteiger partial charge on any atom is -0.496 e. The van der Waals surface area contributed by atoms with Crippen molar-refractivity contribution in [2.24, 2.45) is 4.99 Å². The van der Waals surface area contributed by atoms with Crippen molar-refractivity contribution in [2.45, 2.75) is 19.8 Å². The molecule has 1 amide bonds. The van der Waals surface area contributed by atoms with Crippen molar-refractivity contribution in [3.8, 4) is 5.75 Å². The smallest absolute Gasteiger partial charge is 0.251 e. The van der Waals surface area contributed by atoms with Crippen LogP contribution in [0.4, 0.5) is 0 Å². The van der Waals surface area contributed by atoms with Crippen LogP contribution in [0.1, 0.15) is 27.0 Å². The van der Waals surface area contributed by atoms with Crippen LogP contribution in [0.3, 0.4) is 0 Å². The largest absolute Gasteiger partial charge is 0.496 e. The summed E-state index contributed by atoms with van der Waals surface area (Å²) in [4.78, 5) is 16.0. The molecular weight excluding hydrogens is 479 g/mol. The minimum absolute atomic E-state index is 0. The second kappa shape index (κ2) is 13.0. The van der Waals surface area contributed by atoms with Crippen molar-refractivity contribution in [3.63, 3.8) is 0 Å². The van der Waals surface area contributed by atoms with Gasteiger partial charge in [0.25, 0.3) is 5.91 Å². The molecule has 6 nitrogen and oxygen atoms in total. The predicted octanol–water partition coefficient (Wildman–Crippen LogP) is 2.93. The van der Waals surface area contributed by atoms with Gasteiger partial charge in [0.1, 0.15) is 5.75 Å². The Bertz CT molecular complexity index is 824. The molecule has 0 aliphatic heterocycles. The van der Waals surface area contributed by atoms with Gasteiger partial charge in [-0.3, -0.25) is 9.79 Å². The van der Waals surface area contributed by atoms with Crippen molar-refractivity contribution >= 4 is 35.8 Å². The third kappa shape index (κ3) is 7.92. The molecule has 0 radical (unpaired) electrons. The number of carbonyl (C=O) groups is 1. The zero-order valence-corrected chi connectivity index (χ0v) is 19.9. The standard InChI is InChI=1S/C22H30N4O2.HI/c1-16-8-9-18(15-20(16)28-4)11-13-26-22(24-3)25-12-10-17-6-5-7-19(14-17)21(27)23-2;/h5-9,14-15H,10-13H2,1-4H3,(H,23,27)(H2,24,25,26);1H. The van der Waals surface area contributed by atoms with Crippen molar-refractivity contribution in [1.82, 2.24) is 16.0 Å². The third-order valence-corrected chi connectivity index (χ3v) is 4.52. The molecule has 0 saturated heterocycles. The summed E-state index contributed by atoms with van der Waals surface area (Å²) in [6.45, 7) is 3.55. The third-order valence-electron chi connectivity index (χ3n) is 4.52. The second-order valence-electron chi connectivity index (χ2n) is 6.51. The van der Waals surface area contributed by atoms with Crippen molar-refractivity contribution < 1.29 is 9.53 Å². The number of aliphatic imine (C=N–C) groups is 1. The van der Waals surface area contributed by atoms with E-state index in [1.807, 2.05) is 31.2 Å². The molecule has 0 fully saturated rings. The SMILES string of the molecule is CN=C(NCCc1cccc(C(=O)NC)c1)NCCc1ccc(C)c(OC)c1.I. The van der Waals surface area contributed by atoms with Crippen molar-refractivity contribution in [1.29, 1.82) is 0 Å². The summed E-state index contributed by atoms with van der Waals surface area (Å²) in [7, 11) is 5.09. The van der Waals surface area contributed by atoms with Gasteiger partial charge in [-0.25, -0.2) is 0 Å². The number of nitrogens with one attached hydrogen (secondary N) is 3. The lowest BCUT2D eigenvalue weighted by molar-refractivity contribution is 0.0963. The Labute approximate surface area is 190 Å². The first-order valence-electron chi connectivity index (χ1n) is 9.46. The van der Waals surface area contributed by atoms with Crippen LogP contribution in [0.25, 0.3) is 0 Å². The van der Waals surface area contributed by atoms with Gasteiger partial charge in [0.05, 0.1) is 7.11 Å². The first kappa shape index (κ1) is 24.7. The van der Waals surface area contributed by atoms with Gasteiger partial charge in [-0.05, 0) is 54.7 Å². The Morgan fingerprint density at radius 2 is 1.69 bits per heavy atom. The monoisotopic (exact) mass is 510 g/mol. The molecule has 2 rings (SSSR count). The van der Waals surface area contributed by atoms with Crippen molar-refractivity contribution in [3.05, 3.63) is 64.7 Å². The van der Waals surface area contributed by atoms with Gasteiger partial charge in [0.2, 0.25) is 0 Å². The number of benzene rings is 2. The molecule has 0 atom stereocenters. The molecule has 2 aromatic rings. The summed E-state index contributed by atoms with van der Waals surface area (Å²) < 4.78 is 5.38. The van der Waals surface area contributed by atoms with Crippen LogP contribution in [-0.4, -0.2) is 46.2 Å². The Kier molecular flexibility index (Phi) is 11.1. The summed E-state index contributed by atoms with van der Waals surface area (Å²) in [5, 5.41) is 9.29. The summed E-state index contributed by atoms with van der Waals surface area (Å²) in [6.07, 6.45) is 1.69. The fourth-order valence-corrected chi connectivity index (χ4v) is 2.90. The Morgan fingerprint density at radius 3 is 2.28 bits per heavy atom. The number of rotatable bonds is 8. The lowest BCUT2D eigenvalue weighted by Gasteiger charge is -2.13. The molecule has 29 heavy (non-hydrogen) atoms. The van der Waals surface area contributed by atoms with E-state index >= 15 is 0 Å². The summed E-state index contributed by atoms with van der Waals surface area (Å²) in [6, 6.07) is 13.9. The molecule has 0 unspecified atom stereocenters. The highest BCUT2D eigenvalue weighted by Crippen LogP contribution is 2.18. The number of carbonyl (C=O) groups excluding carboxylic acids is 1. The van der Waals surface area contributed by atoms with Gasteiger partial charge in [0.15, 0.2) is 5.96 Å². The highest BCUT2D eigenvalue weighted by molar-refractivity contribution is 14.0. The first-order chi connectivity index (χ1) is 13.6. The molecule has 7 heteroatoms. The van der Waals surface area contributed by atoms with Gasteiger partial charge in [-0.2, -0.15) is 0 Å². The lowest BCUT2D eigenvalue weighted by atomic mass is 10.1. The molecule has 0 bridgehead atoms. The molecule has 0 saturated carbocycles. The molecule has 0 aliphatic rings. The molecule has 3 N–H and O–H groups in total. The highest BCUT2D eigenvalue weighted by atomic mass is 127. The molecule has 0 aliphatic carbocycles. The average Bonchev–Trinajstić information content (AvgIpc) is 2.73. The number of halogens is 1. The van der Waals surface area contributed by atoms with Crippen molar-refractivity contribution in [2.75, 3.05) is 34.3 Å². The minimum atomic E-state index is -0.0694. The van der Waals surface area contributed by atoms with E-state index in [2.05, 4.69) is 39.1 Å². The molecule has 158 valence electrons. The normalized spacial score (nSPS) is 10.7. The van der Waals surface area contributed by atoms with Crippen LogP contribution in [0.2, 0.25) is 0 Å². The van der Waals surface area contributed by atoms with E-state index in [1.165, 1.54) is 5.56 Å². The summed E-state index contributed by atoms with van der Waals surface area (Å²) in [5.74, 6) is 1.61. The number of hydrogen-bond donors (Lipinski definition) is 3. The molecule has 0 aromatic heterocycles. The zero-order valence-electron chi connectivity index (χ0n) is 17.5. The number of ether oxygens (including phenoxy) is 1. The first-order valence-corrected chi connectivity index (χ1v) is 9.46. The fraction of sp³-hybridized carbons (Fsp3) is 0.364. The number of guanidine groups is 1. The van der Waals surface area contributed by atoms with E-state index in [0.29, 0.717) is 5.56 Å². The van der Waals surface area contributed by atoms with E-state index in [1.54, 1.807) is 21.2 Å². The Morgan fingerprint density at radius 1 is 1.03 bits per heavy atom. The molecule has 0 spiro atoms. The predicted molar refractivity (Wildman–Crippen MR) is 130 cm³/mol. The second-order valence-corrected chi connectivity index (χ2v) is 6.51. The van der Waals surface area contributed by atoms with Crippen LogP contribution < -0.4 is 20.7 Å². The maximum atomic E-state index is 11.7. The quantitative estimate of drug-likeness (QED) is 0.290.